The van der Waals surface area contributed by atoms with Crippen LogP contribution in [0.2, 0.25) is 0 Å². The SMILES string of the molecule is CSCCN(CC(=O)O)C(=O)c1csc(NC(=O)OCC2c3ccccc3-c3ccccc32)n1. The molecule has 1 heterocycles. The van der Waals surface area contributed by atoms with E-state index in [-0.39, 0.29) is 23.4 Å². The number of aromatic nitrogens is 1. The molecular weight excluding hydrogens is 474 g/mol. The van der Waals surface area contributed by atoms with E-state index < -0.39 is 24.5 Å². The Bertz CT molecular complexity index is 1170. The third kappa shape index (κ3) is 5.23. The van der Waals surface area contributed by atoms with Gasteiger partial charge >= 0.3 is 12.1 Å². The number of carboxylic acids is 1. The van der Waals surface area contributed by atoms with Gasteiger partial charge in [-0.15, -0.1) is 11.3 Å². The highest BCUT2D eigenvalue weighted by Crippen LogP contribution is 2.44. The fraction of sp³-hybridized carbons (Fsp3) is 0.250. The Labute approximate surface area is 205 Å². The maximum Gasteiger partial charge on any atom is 0.413 e. The van der Waals surface area contributed by atoms with Gasteiger partial charge in [-0.25, -0.2) is 9.78 Å². The maximum atomic E-state index is 12.7. The summed E-state index contributed by atoms with van der Waals surface area (Å²) in [6, 6.07) is 16.1. The van der Waals surface area contributed by atoms with Gasteiger partial charge < -0.3 is 14.7 Å². The van der Waals surface area contributed by atoms with Crippen molar-refractivity contribution in [3.63, 3.8) is 0 Å². The summed E-state index contributed by atoms with van der Waals surface area (Å²) in [5.41, 5.74) is 4.59. The summed E-state index contributed by atoms with van der Waals surface area (Å²) in [5, 5.41) is 13.4. The van der Waals surface area contributed by atoms with Crippen molar-refractivity contribution in [2.75, 3.05) is 37.0 Å². The topological polar surface area (TPSA) is 109 Å². The molecule has 0 fully saturated rings. The zero-order valence-corrected chi connectivity index (χ0v) is 20.0. The zero-order chi connectivity index (χ0) is 24.1. The molecule has 0 atom stereocenters. The van der Waals surface area contributed by atoms with Gasteiger partial charge in [0.2, 0.25) is 0 Å². The fourth-order valence-corrected chi connectivity index (χ4v) is 5.00. The zero-order valence-electron chi connectivity index (χ0n) is 18.4. The predicted octanol–water partition coefficient (Wildman–Crippen LogP) is 4.39. The van der Waals surface area contributed by atoms with Crippen LogP contribution in [-0.2, 0) is 9.53 Å². The van der Waals surface area contributed by atoms with Crippen molar-refractivity contribution >= 4 is 46.2 Å². The van der Waals surface area contributed by atoms with E-state index >= 15 is 0 Å². The number of carbonyl (C=O) groups is 3. The number of hydrogen-bond donors (Lipinski definition) is 2. The highest BCUT2D eigenvalue weighted by Gasteiger charge is 2.29. The number of fused-ring (bicyclic) bond motifs is 3. The number of thiazole rings is 1. The van der Waals surface area contributed by atoms with Gasteiger partial charge in [-0.2, -0.15) is 11.8 Å². The van der Waals surface area contributed by atoms with Crippen LogP contribution in [0.5, 0.6) is 0 Å². The van der Waals surface area contributed by atoms with Crippen LogP contribution >= 0.6 is 23.1 Å². The summed E-state index contributed by atoms with van der Waals surface area (Å²) in [5.74, 6) is -1.05. The van der Waals surface area contributed by atoms with Crippen LogP contribution in [0.4, 0.5) is 9.93 Å². The van der Waals surface area contributed by atoms with E-state index in [9.17, 15) is 14.4 Å². The van der Waals surface area contributed by atoms with Gasteiger partial charge in [0.1, 0.15) is 18.8 Å². The Morgan fingerprint density at radius 3 is 2.38 bits per heavy atom. The number of hydrogen-bond acceptors (Lipinski definition) is 7. The molecule has 0 saturated carbocycles. The van der Waals surface area contributed by atoms with Gasteiger partial charge in [0, 0.05) is 23.6 Å². The number of carboxylic acid groups (broad SMARTS) is 1. The number of anilines is 1. The van der Waals surface area contributed by atoms with E-state index in [0.29, 0.717) is 12.3 Å². The second kappa shape index (κ2) is 10.7. The number of nitrogens with one attached hydrogen (secondary N) is 1. The van der Waals surface area contributed by atoms with Crippen molar-refractivity contribution in [2.45, 2.75) is 5.92 Å². The second-order valence-corrected chi connectivity index (χ2v) is 9.45. The van der Waals surface area contributed by atoms with Crippen molar-refractivity contribution in [1.29, 1.82) is 0 Å². The average Bonchev–Trinajstić information content (AvgIpc) is 3.42. The molecule has 2 amide bonds. The maximum absolute atomic E-state index is 12.7. The Morgan fingerprint density at radius 2 is 1.76 bits per heavy atom. The Hall–Kier alpha value is -3.37. The van der Waals surface area contributed by atoms with Crippen molar-refractivity contribution in [1.82, 2.24) is 9.88 Å². The van der Waals surface area contributed by atoms with Crippen LogP contribution < -0.4 is 5.32 Å². The molecule has 0 bridgehead atoms. The smallest absolute Gasteiger partial charge is 0.413 e. The van der Waals surface area contributed by atoms with E-state index in [0.717, 1.165) is 33.6 Å². The third-order valence-corrected chi connectivity index (χ3v) is 6.80. The van der Waals surface area contributed by atoms with Crippen LogP contribution in [-0.4, -0.2) is 64.7 Å². The quantitative estimate of drug-likeness (QED) is 0.451. The molecule has 176 valence electrons. The minimum absolute atomic E-state index is 0.0624. The first-order chi connectivity index (χ1) is 16.5. The molecule has 1 aliphatic rings. The summed E-state index contributed by atoms with van der Waals surface area (Å²) in [6.45, 7) is 0.0448. The van der Waals surface area contributed by atoms with Crippen LogP contribution in [0, 0.1) is 0 Å². The predicted molar refractivity (Wildman–Crippen MR) is 133 cm³/mol. The molecule has 34 heavy (non-hydrogen) atoms. The molecule has 1 aromatic heterocycles. The van der Waals surface area contributed by atoms with Crippen LogP contribution in [0.1, 0.15) is 27.5 Å². The van der Waals surface area contributed by atoms with Crippen molar-refractivity contribution in [3.05, 3.63) is 70.7 Å². The number of benzene rings is 2. The van der Waals surface area contributed by atoms with Crippen molar-refractivity contribution in [3.8, 4) is 11.1 Å². The second-order valence-electron chi connectivity index (χ2n) is 7.60. The molecule has 0 saturated heterocycles. The molecular formula is C24H23N3O5S2. The van der Waals surface area contributed by atoms with Crippen LogP contribution in [0.15, 0.2) is 53.9 Å². The Morgan fingerprint density at radius 1 is 1.12 bits per heavy atom. The minimum Gasteiger partial charge on any atom is -0.480 e. The monoisotopic (exact) mass is 497 g/mol. The van der Waals surface area contributed by atoms with Gasteiger partial charge in [0.05, 0.1) is 0 Å². The van der Waals surface area contributed by atoms with Crippen molar-refractivity contribution < 1.29 is 24.2 Å². The lowest BCUT2D eigenvalue weighted by atomic mass is 9.98. The minimum atomic E-state index is -1.10. The molecule has 10 heteroatoms. The van der Waals surface area contributed by atoms with Gasteiger partial charge in [0.25, 0.3) is 5.91 Å². The molecule has 1 aliphatic carbocycles. The fourth-order valence-electron chi connectivity index (χ4n) is 3.93. The Kier molecular flexibility index (Phi) is 7.49. The average molecular weight is 498 g/mol. The standard InChI is InChI=1S/C24H23N3O5S2/c1-33-11-10-27(12-21(28)29)22(30)20-14-34-23(25-20)26-24(31)32-13-19-17-8-4-2-6-15(17)16-7-3-5-9-18(16)19/h2-9,14,19H,10-13H2,1H3,(H,28,29)(H,25,26,31). The van der Waals surface area contributed by atoms with Crippen LogP contribution in [0.25, 0.3) is 11.1 Å². The molecule has 0 aliphatic heterocycles. The summed E-state index contributed by atoms with van der Waals surface area (Å²) < 4.78 is 5.51. The van der Waals surface area contributed by atoms with Crippen molar-refractivity contribution in [2.24, 2.45) is 0 Å². The van der Waals surface area contributed by atoms with Gasteiger partial charge in [-0.1, -0.05) is 48.5 Å². The third-order valence-electron chi connectivity index (χ3n) is 5.45. The van der Waals surface area contributed by atoms with E-state index in [1.165, 1.54) is 22.0 Å². The van der Waals surface area contributed by atoms with Gasteiger partial charge in [0.15, 0.2) is 5.13 Å². The highest BCUT2D eigenvalue weighted by molar-refractivity contribution is 7.98. The first kappa shape index (κ1) is 23.8. The number of aliphatic carboxylic acids is 1. The molecule has 4 rings (SSSR count). The molecule has 3 aromatic rings. The van der Waals surface area contributed by atoms with Gasteiger partial charge in [-0.3, -0.25) is 14.9 Å². The highest BCUT2D eigenvalue weighted by atomic mass is 32.2. The molecule has 8 nitrogen and oxygen atoms in total. The lowest BCUT2D eigenvalue weighted by Crippen LogP contribution is -2.37. The Balaban J connectivity index is 1.38. The molecule has 2 aromatic carbocycles. The number of rotatable bonds is 9. The summed E-state index contributed by atoms with van der Waals surface area (Å²) in [4.78, 5) is 41.6. The number of carbonyl (C=O) groups excluding carboxylic acids is 2. The number of thioether (sulfide) groups is 1. The van der Waals surface area contributed by atoms with E-state index in [1.807, 2.05) is 42.7 Å². The lowest BCUT2D eigenvalue weighted by Gasteiger charge is -2.18. The molecule has 0 radical (unpaired) electrons. The molecule has 2 N–H and O–H groups in total. The summed E-state index contributed by atoms with van der Waals surface area (Å²) in [7, 11) is 0. The molecule has 0 unspecified atom stereocenters. The lowest BCUT2D eigenvalue weighted by molar-refractivity contribution is -0.137. The normalized spacial score (nSPS) is 12.0. The van der Waals surface area contributed by atoms with E-state index in [2.05, 4.69) is 22.4 Å². The van der Waals surface area contributed by atoms with E-state index in [4.69, 9.17) is 9.84 Å². The number of ether oxygens (including phenoxy) is 1. The summed E-state index contributed by atoms with van der Waals surface area (Å²) in [6.07, 6.45) is 1.21. The molecule has 0 spiro atoms. The van der Waals surface area contributed by atoms with Gasteiger partial charge in [-0.05, 0) is 28.5 Å². The van der Waals surface area contributed by atoms with E-state index in [1.54, 1.807) is 0 Å². The van der Waals surface area contributed by atoms with Crippen LogP contribution in [0.3, 0.4) is 0 Å². The number of nitrogens with zero attached hydrogens (tertiary/aromatic N) is 2. The number of amides is 2. The summed E-state index contributed by atoms with van der Waals surface area (Å²) >= 11 is 2.59. The largest absolute Gasteiger partial charge is 0.480 e. The first-order valence-electron chi connectivity index (χ1n) is 10.6. The first-order valence-corrected chi connectivity index (χ1v) is 12.8.